The first kappa shape index (κ1) is 18.7. The van der Waals surface area contributed by atoms with Crippen LogP contribution in [0.15, 0.2) is 18.2 Å². The predicted octanol–water partition coefficient (Wildman–Crippen LogP) is 1.63. The van der Waals surface area contributed by atoms with E-state index < -0.39 is 57.4 Å². The van der Waals surface area contributed by atoms with Crippen LogP contribution in [0.2, 0.25) is 0 Å². The molecule has 0 saturated heterocycles. The molecule has 0 aliphatic heterocycles. The number of unbranched alkanes of at least 4 members (excludes halogenated alkanes) is 2. The highest BCUT2D eigenvalue weighted by Gasteiger charge is 2.34. The Bertz CT molecular complexity index is 946. The molecule has 27 heavy (non-hydrogen) atoms. The van der Waals surface area contributed by atoms with Crippen molar-refractivity contribution in [3.63, 3.8) is 0 Å². The SMILES string of the molecule is CCCCC[C@@H](O)c1c([O-])cc2c(c1[O-])C(=O)c1c(O)cc(O)cc1C2=O. The lowest BCUT2D eigenvalue weighted by molar-refractivity contribution is -0.284. The summed E-state index contributed by atoms with van der Waals surface area (Å²) >= 11 is 0. The first-order valence-corrected chi connectivity index (χ1v) is 8.66. The van der Waals surface area contributed by atoms with Crippen molar-refractivity contribution in [2.24, 2.45) is 0 Å². The van der Waals surface area contributed by atoms with Gasteiger partial charge in [-0.15, -0.1) is 5.75 Å². The zero-order valence-electron chi connectivity index (χ0n) is 14.6. The van der Waals surface area contributed by atoms with Gasteiger partial charge >= 0.3 is 0 Å². The van der Waals surface area contributed by atoms with Crippen molar-refractivity contribution < 1.29 is 35.1 Å². The molecular formula is C20H18O7-2. The molecule has 7 nitrogen and oxygen atoms in total. The van der Waals surface area contributed by atoms with Crippen LogP contribution in [-0.4, -0.2) is 26.9 Å². The normalized spacial score (nSPS) is 14.0. The third kappa shape index (κ3) is 3.00. The van der Waals surface area contributed by atoms with Crippen LogP contribution in [0.25, 0.3) is 0 Å². The van der Waals surface area contributed by atoms with Crippen LogP contribution in [0.5, 0.6) is 23.0 Å². The number of phenols is 2. The van der Waals surface area contributed by atoms with Gasteiger partial charge in [-0.25, -0.2) is 0 Å². The van der Waals surface area contributed by atoms with E-state index in [4.69, 9.17) is 0 Å². The van der Waals surface area contributed by atoms with Gasteiger partial charge in [0.05, 0.1) is 11.7 Å². The quantitative estimate of drug-likeness (QED) is 0.580. The number of ketones is 2. The fourth-order valence-electron chi connectivity index (χ4n) is 3.40. The number of benzene rings is 2. The minimum absolute atomic E-state index is 0.189. The van der Waals surface area contributed by atoms with E-state index in [1.54, 1.807) is 0 Å². The molecule has 0 spiro atoms. The summed E-state index contributed by atoms with van der Waals surface area (Å²) in [6.45, 7) is 1.97. The van der Waals surface area contributed by atoms with Gasteiger partial charge in [0.1, 0.15) is 11.5 Å². The molecule has 0 aromatic heterocycles. The molecule has 0 fully saturated rings. The van der Waals surface area contributed by atoms with Crippen molar-refractivity contribution in [2.45, 2.75) is 38.7 Å². The average Bonchev–Trinajstić information content (AvgIpc) is 2.58. The number of aliphatic hydroxyl groups excluding tert-OH is 1. The smallest absolute Gasteiger partial charge is 0.197 e. The van der Waals surface area contributed by atoms with E-state index in [9.17, 15) is 35.1 Å². The van der Waals surface area contributed by atoms with E-state index in [1.165, 1.54) is 0 Å². The van der Waals surface area contributed by atoms with E-state index in [0.717, 1.165) is 31.0 Å². The fraction of sp³-hybridized carbons (Fsp3) is 0.300. The molecule has 1 aliphatic rings. The van der Waals surface area contributed by atoms with Crippen LogP contribution in [0.3, 0.4) is 0 Å². The number of hydrogen-bond acceptors (Lipinski definition) is 7. The molecule has 7 heteroatoms. The zero-order chi connectivity index (χ0) is 19.9. The number of aliphatic hydroxyl groups is 1. The highest BCUT2D eigenvalue weighted by Crippen LogP contribution is 2.43. The summed E-state index contributed by atoms with van der Waals surface area (Å²) in [7, 11) is 0. The Morgan fingerprint density at radius 2 is 1.63 bits per heavy atom. The van der Waals surface area contributed by atoms with Gasteiger partial charge in [0.25, 0.3) is 0 Å². The van der Waals surface area contributed by atoms with Crippen LogP contribution in [0, 0.1) is 0 Å². The lowest BCUT2D eigenvalue weighted by atomic mass is 9.81. The molecule has 0 saturated carbocycles. The molecule has 3 rings (SSSR count). The monoisotopic (exact) mass is 370 g/mol. The minimum Gasteiger partial charge on any atom is -0.872 e. The first-order chi connectivity index (χ1) is 12.8. The van der Waals surface area contributed by atoms with Crippen LogP contribution in [0.4, 0.5) is 0 Å². The predicted molar refractivity (Wildman–Crippen MR) is 91.1 cm³/mol. The van der Waals surface area contributed by atoms with E-state index in [2.05, 4.69) is 0 Å². The second kappa shape index (κ2) is 6.92. The Kier molecular flexibility index (Phi) is 4.80. The Hall–Kier alpha value is -3.06. The summed E-state index contributed by atoms with van der Waals surface area (Å²) in [5.41, 5.74) is -2.02. The van der Waals surface area contributed by atoms with Crippen molar-refractivity contribution >= 4 is 11.6 Å². The van der Waals surface area contributed by atoms with Gasteiger partial charge < -0.3 is 25.5 Å². The van der Waals surface area contributed by atoms with Crippen LogP contribution in [-0.2, 0) is 0 Å². The minimum atomic E-state index is -1.33. The number of rotatable bonds is 5. The summed E-state index contributed by atoms with van der Waals surface area (Å²) < 4.78 is 0. The topological polar surface area (TPSA) is 141 Å². The molecule has 2 aromatic carbocycles. The van der Waals surface area contributed by atoms with E-state index in [-0.39, 0.29) is 17.5 Å². The molecule has 1 aliphatic carbocycles. The molecule has 0 amide bonds. The van der Waals surface area contributed by atoms with Crippen LogP contribution >= 0.6 is 0 Å². The summed E-state index contributed by atoms with van der Waals surface area (Å²) in [6, 6.07) is 2.77. The van der Waals surface area contributed by atoms with Gasteiger partial charge in [0, 0.05) is 22.8 Å². The molecule has 0 heterocycles. The molecule has 0 bridgehead atoms. The highest BCUT2D eigenvalue weighted by molar-refractivity contribution is 6.30. The molecule has 1 atom stereocenters. The largest absolute Gasteiger partial charge is 0.872 e. The maximum absolute atomic E-state index is 12.8. The van der Waals surface area contributed by atoms with Gasteiger partial charge in [-0.1, -0.05) is 38.0 Å². The van der Waals surface area contributed by atoms with Gasteiger partial charge in [0.2, 0.25) is 0 Å². The van der Waals surface area contributed by atoms with E-state index in [1.807, 2.05) is 6.92 Å². The molecule has 0 unspecified atom stereocenters. The Morgan fingerprint density at radius 1 is 0.963 bits per heavy atom. The number of aromatic hydroxyl groups is 2. The van der Waals surface area contributed by atoms with Crippen LogP contribution < -0.4 is 10.2 Å². The van der Waals surface area contributed by atoms with Gasteiger partial charge in [-0.05, 0) is 18.1 Å². The number of phenolic OH excluding ortho intramolecular Hbond substituents is 2. The van der Waals surface area contributed by atoms with Crippen molar-refractivity contribution in [3.8, 4) is 23.0 Å². The Morgan fingerprint density at radius 3 is 2.30 bits per heavy atom. The van der Waals surface area contributed by atoms with Crippen molar-refractivity contribution in [1.29, 1.82) is 0 Å². The molecule has 3 N–H and O–H groups in total. The molecular weight excluding hydrogens is 352 g/mol. The lowest BCUT2D eigenvalue weighted by Crippen LogP contribution is -2.25. The zero-order valence-corrected chi connectivity index (χ0v) is 14.6. The van der Waals surface area contributed by atoms with Gasteiger partial charge in [0.15, 0.2) is 11.6 Å². The fourth-order valence-corrected chi connectivity index (χ4v) is 3.40. The first-order valence-electron chi connectivity index (χ1n) is 8.66. The van der Waals surface area contributed by atoms with Crippen molar-refractivity contribution in [3.05, 3.63) is 46.0 Å². The van der Waals surface area contributed by atoms with Crippen molar-refractivity contribution in [1.82, 2.24) is 0 Å². The molecule has 0 radical (unpaired) electrons. The second-order valence-electron chi connectivity index (χ2n) is 6.60. The third-order valence-electron chi connectivity index (χ3n) is 4.74. The average molecular weight is 370 g/mol. The molecule has 2 aromatic rings. The standard InChI is InChI=1S/C20H20O7/c1-2-3-4-5-12(22)17-14(24)8-11-16(20(17)27)19(26)15-10(18(11)25)6-9(21)7-13(15)23/h6-8,12,21-24,27H,2-5H2,1H3/p-2/t12-/m1/s1. The number of fused-ring (bicyclic) bond motifs is 2. The summed E-state index contributed by atoms with van der Waals surface area (Å²) in [5.74, 6) is -4.58. The summed E-state index contributed by atoms with van der Waals surface area (Å²) in [4.78, 5) is 25.4. The number of hydrogen-bond donors (Lipinski definition) is 3. The maximum atomic E-state index is 12.8. The molecule has 142 valence electrons. The maximum Gasteiger partial charge on any atom is 0.197 e. The Balaban J connectivity index is 2.15. The van der Waals surface area contributed by atoms with Gasteiger partial charge in [-0.3, -0.25) is 9.59 Å². The van der Waals surface area contributed by atoms with E-state index >= 15 is 0 Å². The Labute approximate surface area is 155 Å². The third-order valence-corrected chi connectivity index (χ3v) is 4.74. The summed E-state index contributed by atoms with van der Waals surface area (Å²) in [6.07, 6.45) is 1.16. The lowest BCUT2D eigenvalue weighted by Gasteiger charge is -2.31. The number of carbonyl (C=O) groups excluding carboxylic acids is 2. The summed E-state index contributed by atoms with van der Waals surface area (Å²) in [5, 5.41) is 55.0. The van der Waals surface area contributed by atoms with E-state index in [0.29, 0.717) is 6.42 Å². The van der Waals surface area contributed by atoms with Crippen molar-refractivity contribution in [2.75, 3.05) is 0 Å². The van der Waals surface area contributed by atoms with Crippen LogP contribution in [0.1, 0.15) is 76.1 Å². The number of carbonyl (C=O) groups is 2. The second-order valence-corrected chi connectivity index (χ2v) is 6.60. The van der Waals surface area contributed by atoms with Gasteiger partial charge in [-0.2, -0.15) is 0 Å². The highest BCUT2D eigenvalue weighted by atomic mass is 16.3.